The first-order chi connectivity index (χ1) is 15.7. The average molecular weight is 429 g/mol. The van der Waals surface area contributed by atoms with Crippen LogP contribution in [-0.2, 0) is 17.9 Å². The van der Waals surface area contributed by atoms with E-state index in [1.807, 2.05) is 18.2 Å². The second-order valence-corrected chi connectivity index (χ2v) is 8.72. The van der Waals surface area contributed by atoms with Crippen LogP contribution in [0.1, 0.15) is 51.0 Å². The van der Waals surface area contributed by atoms with Crippen molar-refractivity contribution in [2.24, 2.45) is 4.99 Å². The number of amides is 1. The summed E-state index contributed by atoms with van der Waals surface area (Å²) in [5, 5.41) is 13.0. The van der Waals surface area contributed by atoms with E-state index in [9.17, 15) is 4.79 Å². The van der Waals surface area contributed by atoms with Gasteiger partial charge in [0, 0.05) is 5.56 Å². The van der Waals surface area contributed by atoms with E-state index in [1.165, 1.54) is 0 Å². The molecule has 1 aromatic heterocycles. The monoisotopic (exact) mass is 428 g/mol. The number of carbonyl (C=O) groups is 1. The predicted molar refractivity (Wildman–Crippen MR) is 124 cm³/mol. The lowest BCUT2D eigenvalue weighted by Crippen LogP contribution is -2.38. The molecule has 0 radical (unpaired) electrons. The summed E-state index contributed by atoms with van der Waals surface area (Å²) in [6.45, 7) is 3.48. The predicted octanol–water partition coefficient (Wildman–Crippen LogP) is 4.49. The number of hydrogen-bond acceptors (Lipinski definition) is 5. The molecule has 0 N–H and O–H groups in total. The van der Waals surface area contributed by atoms with Gasteiger partial charge < -0.3 is 0 Å². The number of aryl methyl sites for hydroxylation is 1. The van der Waals surface area contributed by atoms with Crippen molar-refractivity contribution in [1.82, 2.24) is 25.1 Å². The molecule has 1 aliphatic heterocycles. The zero-order chi connectivity index (χ0) is 22.0. The van der Waals surface area contributed by atoms with E-state index in [2.05, 4.69) is 57.7 Å². The standard InChI is InChI=1S/C25H28N6O/c1-2-3-16-31-28-23(27-29-31)22-9-5-4-8-21(22)20-12-10-19(11-13-20)17-30-18-26-25(24(30)32)14-6-7-15-25/h4-5,8-13,18H,2-3,6-7,14-17H2,1H3. The highest BCUT2D eigenvalue weighted by molar-refractivity contribution is 6.00. The molecule has 1 saturated carbocycles. The molecule has 1 fully saturated rings. The third kappa shape index (κ3) is 3.83. The summed E-state index contributed by atoms with van der Waals surface area (Å²) in [6, 6.07) is 16.5. The van der Waals surface area contributed by atoms with E-state index in [0.29, 0.717) is 12.4 Å². The molecule has 2 aliphatic rings. The molecule has 1 spiro atoms. The van der Waals surface area contributed by atoms with Crippen molar-refractivity contribution in [2.75, 3.05) is 0 Å². The number of benzene rings is 2. The molecule has 5 rings (SSSR count). The molecule has 2 aromatic carbocycles. The number of rotatable bonds is 7. The molecule has 32 heavy (non-hydrogen) atoms. The Bertz CT molecular complexity index is 1130. The van der Waals surface area contributed by atoms with Gasteiger partial charge in [-0.15, -0.1) is 10.2 Å². The molecule has 164 valence electrons. The molecular formula is C25H28N6O. The van der Waals surface area contributed by atoms with Crippen LogP contribution in [0.4, 0.5) is 0 Å². The zero-order valence-corrected chi connectivity index (χ0v) is 18.4. The fourth-order valence-electron chi connectivity index (χ4n) is 4.63. The summed E-state index contributed by atoms with van der Waals surface area (Å²) in [6.07, 6.45) is 7.81. The Labute approximate surface area is 188 Å². The number of tetrazole rings is 1. The van der Waals surface area contributed by atoms with E-state index in [1.54, 1.807) is 16.0 Å². The van der Waals surface area contributed by atoms with Gasteiger partial charge in [-0.25, -0.2) is 0 Å². The van der Waals surface area contributed by atoms with Crippen LogP contribution in [0.5, 0.6) is 0 Å². The summed E-state index contributed by atoms with van der Waals surface area (Å²) >= 11 is 0. The number of aromatic nitrogens is 4. The minimum atomic E-state index is -0.472. The van der Waals surface area contributed by atoms with Gasteiger partial charge in [0.1, 0.15) is 5.54 Å². The van der Waals surface area contributed by atoms with E-state index in [-0.39, 0.29) is 5.91 Å². The van der Waals surface area contributed by atoms with Gasteiger partial charge in [0.05, 0.1) is 19.4 Å². The van der Waals surface area contributed by atoms with Crippen molar-refractivity contribution in [1.29, 1.82) is 0 Å². The van der Waals surface area contributed by atoms with Gasteiger partial charge in [0.2, 0.25) is 5.82 Å². The van der Waals surface area contributed by atoms with Crippen LogP contribution in [0.25, 0.3) is 22.5 Å². The Morgan fingerprint density at radius 3 is 2.50 bits per heavy atom. The Morgan fingerprint density at radius 1 is 1.00 bits per heavy atom. The minimum absolute atomic E-state index is 0.154. The topological polar surface area (TPSA) is 76.3 Å². The van der Waals surface area contributed by atoms with Crippen LogP contribution < -0.4 is 0 Å². The van der Waals surface area contributed by atoms with E-state index in [0.717, 1.165) is 67.3 Å². The maximum atomic E-state index is 12.9. The highest BCUT2D eigenvalue weighted by atomic mass is 16.2. The maximum absolute atomic E-state index is 12.9. The number of nitrogens with zero attached hydrogens (tertiary/aromatic N) is 6. The molecule has 2 heterocycles. The third-order valence-electron chi connectivity index (χ3n) is 6.48. The van der Waals surface area contributed by atoms with Crippen molar-refractivity contribution >= 4 is 12.2 Å². The van der Waals surface area contributed by atoms with Crippen molar-refractivity contribution in [2.45, 2.75) is 64.1 Å². The Balaban J connectivity index is 1.33. The first kappa shape index (κ1) is 20.5. The van der Waals surface area contributed by atoms with Crippen LogP contribution >= 0.6 is 0 Å². The molecule has 1 amide bonds. The van der Waals surface area contributed by atoms with Crippen molar-refractivity contribution in [3.8, 4) is 22.5 Å². The molecule has 0 atom stereocenters. The molecule has 0 unspecified atom stereocenters. The fourth-order valence-corrected chi connectivity index (χ4v) is 4.63. The second-order valence-electron chi connectivity index (χ2n) is 8.72. The summed E-state index contributed by atoms with van der Waals surface area (Å²) in [7, 11) is 0. The SMILES string of the molecule is CCCCn1nnc(-c2ccccc2-c2ccc(CN3C=NC4(CCCC4)C3=O)cc2)n1. The quantitative estimate of drug-likeness (QED) is 0.556. The number of aliphatic imine (C=N–C) groups is 1. The summed E-state index contributed by atoms with van der Waals surface area (Å²) in [5.41, 5.74) is 3.74. The lowest BCUT2D eigenvalue weighted by Gasteiger charge is -2.21. The van der Waals surface area contributed by atoms with Crippen LogP contribution in [0.2, 0.25) is 0 Å². The van der Waals surface area contributed by atoms with Gasteiger partial charge in [-0.1, -0.05) is 74.7 Å². The lowest BCUT2D eigenvalue weighted by atomic mass is 9.97. The summed E-state index contributed by atoms with van der Waals surface area (Å²) in [5.74, 6) is 0.795. The molecular weight excluding hydrogens is 400 g/mol. The van der Waals surface area contributed by atoms with Gasteiger partial charge in [0.25, 0.3) is 5.91 Å². The van der Waals surface area contributed by atoms with E-state index < -0.39 is 5.54 Å². The minimum Gasteiger partial charge on any atom is -0.297 e. The molecule has 1 aliphatic carbocycles. The number of unbranched alkanes of at least 4 members (excludes halogenated alkanes) is 1. The van der Waals surface area contributed by atoms with Crippen molar-refractivity contribution in [3.63, 3.8) is 0 Å². The summed E-state index contributed by atoms with van der Waals surface area (Å²) < 4.78 is 0. The number of hydrogen-bond donors (Lipinski definition) is 0. The van der Waals surface area contributed by atoms with Crippen molar-refractivity contribution in [3.05, 3.63) is 54.1 Å². The highest BCUT2D eigenvalue weighted by Gasteiger charge is 2.46. The van der Waals surface area contributed by atoms with Crippen LogP contribution in [0.3, 0.4) is 0 Å². The fraction of sp³-hybridized carbons (Fsp3) is 0.400. The Morgan fingerprint density at radius 2 is 1.75 bits per heavy atom. The Hall–Kier alpha value is -3.35. The van der Waals surface area contributed by atoms with Crippen LogP contribution in [0, 0.1) is 0 Å². The van der Waals surface area contributed by atoms with Crippen LogP contribution in [-0.4, -0.2) is 42.9 Å². The molecule has 0 bridgehead atoms. The highest BCUT2D eigenvalue weighted by Crippen LogP contribution is 2.38. The molecule has 7 nitrogen and oxygen atoms in total. The zero-order valence-electron chi connectivity index (χ0n) is 18.4. The van der Waals surface area contributed by atoms with E-state index in [4.69, 9.17) is 0 Å². The molecule has 7 heteroatoms. The summed E-state index contributed by atoms with van der Waals surface area (Å²) in [4.78, 5) is 20.9. The lowest BCUT2D eigenvalue weighted by molar-refractivity contribution is -0.131. The smallest absolute Gasteiger partial charge is 0.255 e. The van der Waals surface area contributed by atoms with Gasteiger partial charge in [-0.2, -0.15) is 4.80 Å². The molecule has 0 saturated heterocycles. The van der Waals surface area contributed by atoms with Gasteiger partial charge in [-0.3, -0.25) is 14.7 Å². The second kappa shape index (κ2) is 8.65. The normalized spacial score (nSPS) is 17.0. The first-order valence-electron chi connectivity index (χ1n) is 11.5. The van der Waals surface area contributed by atoms with E-state index >= 15 is 0 Å². The van der Waals surface area contributed by atoms with Gasteiger partial charge in [-0.05, 0) is 41.2 Å². The average Bonchev–Trinajstić information content (AvgIpc) is 3.57. The Kier molecular flexibility index (Phi) is 5.55. The number of carbonyl (C=O) groups excluding carboxylic acids is 1. The van der Waals surface area contributed by atoms with Crippen LogP contribution in [0.15, 0.2) is 53.5 Å². The van der Waals surface area contributed by atoms with Gasteiger partial charge in [0.15, 0.2) is 0 Å². The largest absolute Gasteiger partial charge is 0.297 e. The maximum Gasteiger partial charge on any atom is 0.255 e. The van der Waals surface area contributed by atoms with Gasteiger partial charge >= 0.3 is 0 Å². The molecule has 3 aromatic rings. The van der Waals surface area contributed by atoms with Crippen molar-refractivity contribution < 1.29 is 4.79 Å². The third-order valence-corrected chi connectivity index (χ3v) is 6.48. The first-order valence-corrected chi connectivity index (χ1v) is 11.5.